The van der Waals surface area contributed by atoms with Crippen LogP contribution in [0.5, 0.6) is 0 Å². The molecule has 8 nitrogen and oxygen atoms in total. The zero-order valence-corrected chi connectivity index (χ0v) is 25.6. The van der Waals surface area contributed by atoms with Crippen molar-refractivity contribution in [2.24, 2.45) is 4.99 Å². The molecule has 0 radical (unpaired) electrons. The normalized spacial score (nSPS) is 23.8. The summed E-state index contributed by atoms with van der Waals surface area (Å²) in [6.45, 7) is 2.60. The summed E-state index contributed by atoms with van der Waals surface area (Å²) < 4.78 is 11.5. The van der Waals surface area contributed by atoms with Crippen molar-refractivity contribution in [1.29, 1.82) is 0 Å². The first kappa shape index (κ1) is 25.8. The van der Waals surface area contributed by atoms with E-state index in [4.69, 9.17) is 14.5 Å². The summed E-state index contributed by atoms with van der Waals surface area (Å²) in [7, 11) is 0. The summed E-state index contributed by atoms with van der Waals surface area (Å²) in [5.74, 6) is -0.0243. The average Bonchev–Trinajstić information content (AvgIpc) is 3.69. The highest BCUT2D eigenvalue weighted by molar-refractivity contribution is 6.52. The minimum Gasteiger partial charge on any atom is -0.506 e. The number of benzene rings is 4. The molecule has 4 N–H and O–H groups in total. The van der Waals surface area contributed by atoms with E-state index in [-0.39, 0.29) is 17.2 Å². The monoisotopic (exact) mass is 610 g/mol. The number of nitrogens with one attached hydrogen (secondary N) is 3. The summed E-state index contributed by atoms with van der Waals surface area (Å²) in [6.07, 6.45) is 6.95. The van der Waals surface area contributed by atoms with E-state index in [0.29, 0.717) is 37.6 Å². The topological polar surface area (TPSA) is 104 Å². The third-order valence-corrected chi connectivity index (χ3v) is 11.8. The fraction of sp³-hybridized carbons (Fsp3) is 0.368. The molecular weight excluding hydrogens is 576 g/mol. The standard InChI is InChI=1S/C38H34N4O4/c43-35-29(23-17-21-3-1-19-5-7-25-31(27(19)21)33(23)41-37(39-25)9-13-45-14-10-37)36(44)30(35)24-18-22-4-2-20-6-8-26-32(28(20)22)34(24)42-38(40-26)11-15-46-16-12-38/h5-8,17-18,39-41,43H,1-4,9-16H2/b30-24+. The number of Topliss-reactive ketones (excluding diaryl/α,β-unsaturated/α-hetero) is 1. The number of rotatable bonds is 1. The van der Waals surface area contributed by atoms with Gasteiger partial charge in [-0.2, -0.15) is 0 Å². The van der Waals surface area contributed by atoms with Crippen LogP contribution >= 0.6 is 0 Å². The molecule has 0 amide bonds. The van der Waals surface area contributed by atoms with Gasteiger partial charge < -0.3 is 30.5 Å². The summed E-state index contributed by atoms with van der Waals surface area (Å²) in [5, 5.41) is 29.9. The maximum absolute atomic E-state index is 14.6. The number of ketones is 1. The lowest BCUT2D eigenvalue weighted by Crippen LogP contribution is -2.52. The van der Waals surface area contributed by atoms with Crippen molar-refractivity contribution >= 4 is 55.5 Å². The van der Waals surface area contributed by atoms with E-state index < -0.39 is 5.66 Å². The Balaban J connectivity index is 1.18. The summed E-state index contributed by atoms with van der Waals surface area (Å²) in [4.78, 5) is 19.9. The smallest absolute Gasteiger partial charge is 0.201 e. The van der Waals surface area contributed by atoms with Crippen LogP contribution in [-0.2, 0) is 40.0 Å². The molecule has 7 aliphatic rings. The van der Waals surface area contributed by atoms with Crippen LogP contribution in [0.25, 0.3) is 32.7 Å². The Hall–Kier alpha value is -4.40. The molecule has 0 bridgehead atoms. The van der Waals surface area contributed by atoms with E-state index in [1.54, 1.807) is 0 Å². The Morgan fingerprint density at radius 3 is 2.02 bits per heavy atom. The van der Waals surface area contributed by atoms with Gasteiger partial charge in [0.25, 0.3) is 0 Å². The molecule has 8 heteroatoms. The number of nitrogens with zero attached hydrogens (tertiary/aromatic N) is 1. The number of aliphatic hydroxyl groups excluding tert-OH is 1. The van der Waals surface area contributed by atoms with Gasteiger partial charge in [0.15, 0.2) is 0 Å². The van der Waals surface area contributed by atoms with Crippen LogP contribution in [0, 0.1) is 0 Å². The first-order chi connectivity index (χ1) is 22.5. The Kier molecular flexibility index (Phi) is 4.86. The number of anilines is 3. The van der Waals surface area contributed by atoms with Crippen molar-refractivity contribution in [1.82, 2.24) is 0 Å². The highest BCUT2D eigenvalue weighted by atomic mass is 16.5. The summed E-state index contributed by atoms with van der Waals surface area (Å²) in [6, 6.07) is 13.2. The second-order valence-electron chi connectivity index (χ2n) is 14.2. The second kappa shape index (κ2) is 8.69. The predicted molar refractivity (Wildman–Crippen MR) is 178 cm³/mol. The molecule has 3 aliphatic carbocycles. The number of hydrogen-bond acceptors (Lipinski definition) is 8. The van der Waals surface area contributed by atoms with E-state index in [2.05, 4.69) is 52.3 Å². The average molecular weight is 611 g/mol. The van der Waals surface area contributed by atoms with Gasteiger partial charge >= 0.3 is 0 Å². The highest BCUT2D eigenvalue weighted by Crippen LogP contribution is 2.51. The molecule has 4 aromatic rings. The molecule has 11 rings (SSSR count). The Morgan fingerprint density at radius 1 is 0.674 bits per heavy atom. The van der Waals surface area contributed by atoms with Crippen LogP contribution in [0.1, 0.15) is 53.5 Å². The maximum atomic E-state index is 14.6. The lowest BCUT2D eigenvalue weighted by Gasteiger charge is -2.45. The van der Waals surface area contributed by atoms with Gasteiger partial charge in [-0.1, -0.05) is 12.1 Å². The van der Waals surface area contributed by atoms with Crippen molar-refractivity contribution in [3.8, 4) is 0 Å². The highest BCUT2D eigenvalue weighted by Gasteiger charge is 2.44. The molecule has 0 atom stereocenters. The van der Waals surface area contributed by atoms with Crippen molar-refractivity contribution in [2.75, 3.05) is 42.4 Å². The molecule has 4 aliphatic heterocycles. The van der Waals surface area contributed by atoms with E-state index in [1.807, 2.05) is 0 Å². The van der Waals surface area contributed by atoms with Crippen LogP contribution in [0.4, 0.5) is 17.1 Å². The lowest BCUT2D eigenvalue weighted by atomic mass is 9.78. The van der Waals surface area contributed by atoms with Gasteiger partial charge in [-0.15, -0.1) is 0 Å². The number of aryl methyl sites for hydroxylation is 4. The number of carbonyl (C=O) groups is 1. The zero-order valence-electron chi connectivity index (χ0n) is 25.6. The van der Waals surface area contributed by atoms with Gasteiger partial charge in [0, 0.05) is 58.6 Å². The van der Waals surface area contributed by atoms with Crippen LogP contribution in [0.2, 0.25) is 0 Å². The number of aliphatic hydroxyl groups is 1. The predicted octanol–water partition coefficient (Wildman–Crippen LogP) is 4.79. The molecule has 2 saturated heterocycles. The molecule has 2 spiro atoms. The molecule has 0 saturated carbocycles. The van der Waals surface area contributed by atoms with Crippen LogP contribution in [0.15, 0.2) is 47.1 Å². The first-order valence-electron chi connectivity index (χ1n) is 16.8. The molecule has 4 aromatic carbocycles. The van der Waals surface area contributed by atoms with E-state index in [9.17, 15) is 9.90 Å². The van der Waals surface area contributed by atoms with Gasteiger partial charge in [0.1, 0.15) is 17.1 Å². The van der Waals surface area contributed by atoms with Gasteiger partial charge in [-0.25, -0.2) is 0 Å². The fourth-order valence-electron chi connectivity index (χ4n) is 9.46. The van der Waals surface area contributed by atoms with Gasteiger partial charge in [-0.3, -0.25) is 9.79 Å². The lowest BCUT2D eigenvalue weighted by molar-refractivity contribution is -0.109. The molecule has 4 heterocycles. The Morgan fingerprint density at radius 2 is 1.30 bits per heavy atom. The van der Waals surface area contributed by atoms with Gasteiger partial charge in [0.2, 0.25) is 5.78 Å². The van der Waals surface area contributed by atoms with E-state index in [1.165, 1.54) is 33.0 Å². The van der Waals surface area contributed by atoms with Crippen molar-refractivity contribution in [3.63, 3.8) is 0 Å². The third kappa shape index (κ3) is 3.21. The first-order valence-corrected chi connectivity index (χ1v) is 16.8. The van der Waals surface area contributed by atoms with Crippen LogP contribution in [-0.4, -0.2) is 48.6 Å². The number of allylic oxidation sites excluding steroid dienone is 2. The maximum Gasteiger partial charge on any atom is 0.201 e. The molecule has 2 fully saturated rings. The SMILES string of the molecule is O=C1C(c2cc3c4c(ccc5c4c2NC2(CCOCC2)N5)CC3)=C(O)/C1=c1/cc2c3c(ccc4c3c1=NC1(CCOCC1)N4)CC2. The van der Waals surface area contributed by atoms with Crippen molar-refractivity contribution in [2.45, 2.75) is 62.7 Å². The van der Waals surface area contributed by atoms with Crippen molar-refractivity contribution in [3.05, 3.63) is 80.6 Å². The summed E-state index contributed by atoms with van der Waals surface area (Å²) >= 11 is 0. The summed E-state index contributed by atoms with van der Waals surface area (Å²) in [5.41, 5.74) is 9.04. The van der Waals surface area contributed by atoms with Gasteiger partial charge in [-0.05, 0) is 83.0 Å². The number of ether oxygens (including phenoxy) is 2. The quantitative estimate of drug-likeness (QED) is 0.246. The Labute approximate surface area is 265 Å². The van der Waals surface area contributed by atoms with Crippen LogP contribution < -0.4 is 26.5 Å². The minimum absolute atomic E-state index is 0.0816. The molecule has 0 aromatic heterocycles. The molecular formula is C38H34N4O4. The molecule has 46 heavy (non-hydrogen) atoms. The van der Waals surface area contributed by atoms with Crippen molar-refractivity contribution < 1.29 is 19.4 Å². The largest absolute Gasteiger partial charge is 0.506 e. The van der Waals surface area contributed by atoms with Gasteiger partial charge in [0.05, 0.1) is 48.6 Å². The van der Waals surface area contributed by atoms with Crippen LogP contribution in [0.3, 0.4) is 0 Å². The molecule has 0 unspecified atom stereocenters. The number of hydrogen-bond donors (Lipinski definition) is 4. The third-order valence-electron chi connectivity index (χ3n) is 11.8. The Bertz CT molecular complexity index is 2290. The van der Waals surface area contributed by atoms with E-state index in [0.717, 1.165) is 95.3 Å². The second-order valence-corrected chi connectivity index (χ2v) is 14.2. The number of carbonyl (C=O) groups excluding carboxylic acids is 1. The minimum atomic E-state index is -0.477. The van der Waals surface area contributed by atoms with E-state index >= 15 is 0 Å². The molecule has 230 valence electrons. The zero-order chi connectivity index (χ0) is 30.4. The fourth-order valence-corrected chi connectivity index (χ4v) is 9.46.